The summed E-state index contributed by atoms with van der Waals surface area (Å²) in [6.45, 7) is 2.52. The second kappa shape index (κ2) is 13.0. The van der Waals surface area contributed by atoms with Crippen LogP contribution >= 0.6 is 34.8 Å². The number of ketones is 1. The molecule has 0 N–H and O–H groups in total. The van der Waals surface area contributed by atoms with Crippen LogP contribution in [0.3, 0.4) is 0 Å². The number of aromatic nitrogens is 2. The Morgan fingerprint density at radius 1 is 0.809 bits per heavy atom. The Balaban J connectivity index is 1.21. The van der Waals surface area contributed by atoms with Crippen LogP contribution in [0, 0.1) is 0 Å². The van der Waals surface area contributed by atoms with Crippen molar-refractivity contribution >= 4 is 61.5 Å². The minimum Gasteiger partial charge on any atom is -0.294 e. The second-order valence-electron chi connectivity index (χ2n) is 12.5. The van der Waals surface area contributed by atoms with Crippen molar-refractivity contribution in [3.05, 3.63) is 128 Å². The first-order valence-corrected chi connectivity index (χ1v) is 18.6. The second-order valence-corrected chi connectivity index (χ2v) is 15.7. The minimum absolute atomic E-state index is 0.0381. The number of piperidine rings is 1. The highest BCUT2D eigenvalue weighted by Gasteiger charge is 2.36. The smallest absolute Gasteiger partial charge is 0.243 e. The Morgan fingerprint density at radius 2 is 1.40 bits per heavy atom. The van der Waals surface area contributed by atoms with Crippen LogP contribution in [-0.2, 0) is 10.0 Å². The van der Waals surface area contributed by atoms with Crippen LogP contribution in [0.2, 0.25) is 15.1 Å². The lowest BCUT2D eigenvalue weighted by Gasteiger charge is -2.32. The summed E-state index contributed by atoms with van der Waals surface area (Å²) in [5, 5.41) is 7.74. The molecule has 0 radical (unpaired) electrons. The molecule has 0 atom stereocenters. The van der Waals surface area contributed by atoms with Gasteiger partial charge in [-0.05, 0) is 97.0 Å². The zero-order valence-electron chi connectivity index (χ0n) is 25.9. The lowest BCUT2D eigenvalue weighted by molar-refractivity contribution is 0.0988. The maximum absolute atomic E-state index is 13.7. The van der Waals surface area contributed by atoms with Crippen LogP contribution in [0.4, 0.5) is 0 Å². The van der Waals surface area contributed by atoms with E-state index in [0.29, 0.717) is 54.0 Å². The third-order valence-corrected chi connectivity index (χ3v) is 12.1. The quantitative estimate of drug-likeness (QED) is 0.113. The van der Waals surface area contributed by atoms with Crippen LogP contribution in [0.15, 0.2) is 89.8 Å². The van der Waals surface area contributed by atoms with E-state index in [2.05, 4.69) is 47.1 Å². The molecule has 2 aliphatic rings. The standard InChI is InChI=1S/C37H34Cl3N3O3S/c1-2-35(44)31-15-14-30(22-33(31)40)47(45,46)42-19-17-25(18-20-42)37-32-21-26(7-16-34(32)41-43(37)29-12-13-29)36(23-3-8-27(38)9-4-23)24-5-10-28(39)11-6-24/h3-11,14-16,21-22,25,29,36H,2,12-13,17-20H2,1H3. The average molecular weight is 707 g/mol. The van der Waals surface area contributed by atoms with E-state index in [9.17, 15) is 13.2 Å². The van der Waals surface area contributed by atoms with Gasteiger partial charge < -0.3 is 0 Å². The zero-order valence-corrected chi connectivity index (χ0v) is 29.0. The van der Waals surface area contributed by atoms with Crippen molar-refractivity contribution in [1.29, 1.82) is 0 Å². The Labute approximate surface area is 290 Å². The Hall–Kier alpha value is -3.20. The van der Waals surface area contributed by atoms with E-state index in [4.69, 9.17) is 39.9 Å². The molecular weight excluding hydrogens is 673 g/mol. The molecular formula is C37H34Cl3N3O3S. The summed E-state index contributed by atoms with van der Waals surface area (Å²) in [6.07, 6.45) is 3.84. The van der Waals surface area contributed by atoms with Gasteiger partial charge >= 0.3 is 0 Å². The van der Waals surface area contributed by atoms with E-state index in [1.807, 2.05) is 24.3 Å². The molecule has 0 amide bonds. The number of hydrogen-bond acceptors (Lipinski definition) is 4. The lowest BCUT2D eigenvalue weighted by atomic mass is 9.84. The third-order valence-electron chi connectivity index (χ3n) is 9.43. The number of carbonyl (C=O) groups is 1. The highest BCUT2D eigenvalue weighted by atomic mass is 35.5. The number of hydrogen-bond donors (Lipinski definition) is 0. The largest absolute Gasteiger partial charge is 0.294 e. The Bertz CT molecular complexity index is 2020. The first-order valence-electron chi connectivity index (χ1n) is 16.0. The van der Waals surface area contributed by atoms with Crippen molar-refractivity contribution in [2.45, 2.75) is 61.8 Å². The number of fused-ring (bicyclic) bond motifs is 1. The van der Waals surface area contributed by atoms with Gasteiger partial charge in [-0.2, -0.15) is 9.40 Å². The van der Waals surface area contributed by atoms with Crippen molar-refractivity contribution in [3.8, 4) is 0 Å². The summed E-state index contributed by atoms with van der Waals surface area (Å²) >= 11 is 18.9. The minimum atomic E-state index is -3.77. The summed E-state index contributed by atoms with van der Waals surface area (Å²) in [5.74, 6) is -0.00101. The predicted octanol–water partition coefficient (Wildman–Crippen LogP) is 9.67. The molecule has 2 heterocycles. The van der Waals surface area contributed by atoms with Crippen molar-refractivity contribution in [2.75, 3.05) is 13.1 Å². The summed E-state index contributed by atoms with van der Waals surface area (Å²) in [6, 6.07) is 27.3. The van der Waals surface area contributed by atoms with Gasteiger partial charge in [0, 0.05) is 58.0 Å². The molecule has 10 heteroatoms. The number of nitrogens with zero attached hydrogens (tertiary/aromatic N) is 3. The number of sulfonamides is 1. The van der Waals surface area contributed by atoms with Gasteiger partial charge in [-0.3, -0.25) is 9.48 Å². The van der Waals surface area contributed by atoms with Crippen LogP contribution in [0.1, 0.15) is 89.6 Å². The van der Waals surface area contributed by atoms with E-state index >= 15 is 0 Å². The van der Waals surface area contributed by atoms with Crippen molar-refractivity contribution in [1.82, 2.24) is 14.1 Å². The molecule has 0 unspecified atom stereocenters. The lowest BCUT2D eigenvalue weighted by Crippen LogP contribution is -2.38. The van der Waals surface area contributed by atoms with Crippen LogP contribution in [-0.4, -0.2) is 41.4 Å². The molecule has 242 valence electrons. The highest BCUT2D eigenvalue weighted by molar-refractivity contribution is 7.89. The van der Waals surface area contributed by atoms with Crippen LogP contribution in [0.25, 0.3) is 10.9 Å². The Morgan fingerprint density at radius 3 is 1.96 bits per heavy atom. The van der Waals surface area contributed by atoms with Gasteiger partial charge in [0.15, 0.2) is 5.78 Å². The predicted molar refractivity (Wildman–Crippen MR) is 189 cm³/mol. The van der Waals surface area contributed by atoms with E-state index in [-0.39, 0.29) is 27.5 Å². The fourth-order valence-electron chi connectivity index (χ4n) is 6.80. The number of rotatable bonds is 9. The summed E-state index contributed by atoms with van der Waals surface area (Å²) in [7, 11) is -3.77. The fourth-order valence-corrected chi connectivity index (χ4v) is 8.90. The van der Waals surface area contributed by atoms with Crippen molar-refractivity contribution in [2.24, 2.45) is 0 Å². The average Bonchev–Trinajstić information content (AvgIpc) is 3.86. The first kappa shape index (κ1) is 32.4. The van der Waals surface area contributed by atoms with Crippen LogP contribution in [0.5, 0.6) is 0 Å². The van der Waals surface area contributed by atoms with E-state index < -0.39 is 10.0 Å². The van der Waals surface area contributed by atoms with Gasteiger partial charge in [-0.1, -0.05) is 72.1 Å². The Kier molecular flexibility index (Phi) is 8.96. The monoisotopic (exact) mass is 705 g/mol. The number of benzene rings is 4. The topological polar surface area (TPSA) is 72.3 Å². The van der Waals surface area contributed by atoms with Gasteiger partial charge in [0.1, 0.15) is 0 Å². The molecule has 1 aliphatic carbocycles. The van der Waals surface area contributed by atoms with E-state index in [1.165, 1.54) is 23.9 Å². The SMILES string of the molecule is CCC(=O)c1ccc(S(=O)(=O)N2CCC(c3c4cc(C(c5ccc(Cl)cc5)c5ccc(Cl)cc5)ccc4nn3C3CC3)CC2)cc1Cl. The number of halogens is 3. The van der Waals surface area contributed by atoms with Gasteiger partial charge in [0.05, 0.1) is 21.5 Å². The van der Waals surface area contributed by atoms with Gasteiger partial charge in [-0.15, -0.1) is 0 Å². The van der Waals surface area contributed by atoms with Gasteiger partial charge in [-0.25, -0.2) is 8.42 Å². The molecule has 0 spiro atoms. The highest BCUT2D eigenvalue weighted by Crippen LogP contribution is 2.44. The third kappa shape index (κ3) is 6.36. The molecule has 1 aromatic heterocycles. The van der Waals surface area contributed by atoms with Crippen LogP contribution < -0.4 is 0 Å². The molecule has 4 aromatic carbocycles. The molecule has 2 fully saturated rings. The summed E-state index contributed by atoms with van der Waals surface area (Å²) in [4.78, 5) is 12.3. The van der Waals surface area contributed by atoms with Crippen molar-refractivity contribution < 1.29 is 13.2 Å². The zero-order chi connectivity index (χ0) is 32.9. The summed E-state index contributed by atoms with van der Waals surface area (Å²) in [5.41, 5.74) is 5.88. The van der Waals surface area contributed by atoms with E-state index in [0.717, 1.165) is 40.4 Å². The fraction of sp³-hybridized carbons (Fsp3) is 0.297. The number of carbonyl (C=O) groups excluding carboxylic acids is 1. The molecule has 1 saturated carbocycles. The van der Waals surface area contributed by atoms with Crippen molar-refractivity contribution in [3.63, 3.8) is 0 Å². The normalized spacial score (nSPS) is 16.3. The molecule has 7 rings (SSSR count). The molecule has 1 saturated heterocycles. The van der Waals surface area contributed by atoms with Gasteiger partial charge in [0.2, 0.25) is 10.0 Å². The molecule has 6 nitrogen and oxygen atoms in total. The maximum Gasteiger partial charge on any atom is 0.243 e. The number of Topliss-reactive ketones (excluding diaryl/α,β-unsaturated/α-hetero) is 1. The van der Waals surface area contributed by atoms with E-state index in [1.54, 1.807) is 11.2 Å². The molecule has 1 aliphatic heterocycles. The molecule has 5 aromatic rings. The first-order chi connectivity index (χ1) is 22.6. The summed E-state index contributed by atoms with van der Waals surface area (Å²) < 4.78 is 31.1. The molecule has 0 bridgehead atoms. The molecule has 47 heavy (non-hydrogen) atoms. The van der Waals surface area contributed by atoms with Gasteiger partial charge in [0.25, 0.3) is 0 Å². The maximum atomic E-state index is 13.7.